The van der Waals surface area contributed by atoms with Crippen molar-refractivity contribution in [1.82, 2.24) is 10.2 Å². The van der Waals surface area contributed by atoms with Crippen molar-refractivity contribution >= 4 is 34.2 Å². The van der Waals surface area contributed by atoms with Crippen LogP contribution in [0.4, 0.5) is 0 Å². The van der Waals surface area contributed by atoms with Gasteiger partial charge in [0.05, 0.1) is 0 Å². The average Bonchev–Trinajstić information content (AvgIpc) is 3.34. The number of carbonyl (C=O) groups excluding carboxylic acids is 2. The first-order valence-corrected chi connectivity index (χ1v) is 11.8. The number of amides is 2. The summed E-state index contributed by atoms with van der Waals surface area (Å²) in [5.41, 5.74) is 0.901. The van der Waals surface area contributed by atoms with Gasteiger partial charge in [-0.2, -0.15) is 0 Å². The molecule has 1 atom stereocenters. The molecule has 1 unspecified atom stereocenters. The highest BCUT2D eigenvalue weighted by molar-refractivity contribution is 6.30. The Morgan fingerprint density at radius 2 is 1.73 bits per heavy atom. The van der Waals surface area contributed by atoms with Gasteiger partial charge < -0.3 is 15.0 Å². The average molecular weight is 465 g/mol. The van der Waals surface area contributed by atoms with Gasteiger partial charge in [0.25, 0.3) is 5.91 Å². The minimum Gasteiger partial charge on any atom is -0.483 e. The van der Waals surface area contributed by atoms with Crippen LogP contribution in [0.2, 0.25) is 5.02 Å². The fraction of sp³-hybridized carbons (Fsp3) is 0.333. The van der Waals surface area contributed by atoms with Crippen LogP contribution in [0.5, 0.6) is 5.75 Å². The maximum atomic E-state index is 13.3. The normalized spacial score (nSPS) is 14.7. The zero-order valence-corrected chi connectivity index (χ0v) is 19.6. The quantitative estimate of drug-likeness (QED) is 0.489. The van der Waals surface area contributed by atoms with Crippen LogP contribution < -0.4 is 10.1 Å². The van der Waals surface area contributed by atoms with E-state index >= 15 is 0 Å². The summed E-state index contributed by atoms with van der Waals surface area (Å²) in [5.74, 6) is 0.275. The fourth-order valence-corrected chi connectivity index (χ4v) is 4.43. The molecule has 1 aliphatic rings. The van der Waals surface area contributed by atoms with Crippen molar-refractivity contribution in [1.29, 1.82) is 0 Å². The molecule has 5 nitrogen and oxygen atoms in total. The molecule has 6 heteroatoms. The van der Waals surface area contributed by atoms with Gasteiger partial charge in [-0.25, -0.2) is 0 Å². The number of rotatable bonds is 8. The van der Waals surface area contributed by atoms with Gasteiger partial charge >= 0.3 is 0 Å². The summed E-state index contributed by atoms with van der Waals surface area (Å²) in [6, 6.07) is 20.5. The first-order chi connectivity index (χ1) is 16.0. The van der Waals surface area contributed by atoms with Crippen molar-refractivity contribution in [3.63, 3.8) is 0 Å². The number of ether oxygens (including phenoxy) is 1. The third-order valence-electron chi connectivity index (χ3n) is 6.24. The molecular formula is C27H29ClN2O3. The van der Waals surface area contributed by atoms with Crippen LogP contribution in [0, 0.1) is 0 Å². The molecule has 0 bridgehead atoms. The van der Waals surface area contributed by atoms with Crippen LogP contribution in [0.1, 0.15) is 38.2 Å². The molecule has 4 rings (SSSR count). The van der Waals surface area contributed by atoms with Gasteiger partial charge in [0.15, 0.2) is 6.61 Å². The molecule has 0 spiro atoms. The van der Waals surface area contributed by atoms with Crippen molar-refractivity contribution in [2.45, 2.75) is 51.2 Å². The van der Waals surface area contributed by atoms with Crippen LogP contribution in [0.15, 0.2) is 66.7 Å². The molecule has 0 aromatic heterocycles. The van der Waals surface area contributed by atoms with E-state index in [0.717, 1.165) is 42.0 Å². The van der Waals surface area contributed by atoms with Crippen molar-refractivity contribution in [3.05, 3.63) is 77.3 Å². The van der Waals surface area contributed by atoms with Crippen molar-refractivity contribution in [3.8, 4) is 5.75 Å². The van der Waals surface area contributed by atoms with Crippen LogP contribution in [-0.2, 0) is 16.1 Å². The minimum absolute atomic E-state index is 0.130. The SMILES string of the molecule is CC(C(=O)NC1CCCC1)N(Cc1ccc(Cl)cc1)C(=O)COc1cccc2ccccc12. The van der Waals surface area contributed by atoms with Crippen LogP contribution in [0.3, 0.4) is 0 Å². The van der Waals surface area contributed by atoms with Crippen LogP contribution in [-0.4, -0.2) is 35.4 Å². The molecule has 0 saturated heterocycles. The van der Waals surface area contributed by atoms with Gasteiger partial charge in [-0.1, -0.05) is 73.0 Å². The molecule has 3 aromatic carbocycles. The van der Waals surface area contributed by atoms with Gasteiger partial charge in [0.2, 0.25) is 5.91 Å². The lowest BCUT2D eigenvalue weighted by Crippen LogP contribution is -2.50. The molecule has 0 heterocycles. The summed E-state index contributed by atoms with van der Waals surface area (Å²) < 4.78 is 5.94. The predicted molar refractivity (Wildman–Crippen MR) is 131 cm³/mol. The third kappa shape index (κ3) is 5.85. The summed E-state index contributed by atoms with van der Waals surface area (Å²) in [5, 5.41) is 5.73. The highest BCUT2D eigenvalue weighted by Crippen LogP contribution is 2.25. The van der Waals surface area contributed by atoms with Gasteiger partial charge in [-0.3, -0.25) is 9.59 Å². The van der Waals surface area contributed by atoms with E-state index in [1.807, 2.05) is 54.6 Å². The maximum Gasteiger partial charge on any atom is 0.261 e. The Morgan fingerprint density at radius 1 is 1.03 bits per heavy atom. The van der Waals surface area contributed by atoms with Gasteiger partial charge in [-0.15, -0.1) is 0 Å². The molecule has 1 aliphatic carbocycles. The Labute approximate surface area is 199 Å². The summed E-state index contributed by atoms with van der Waals surface area (Å²) in [7, 11) is 0. The minimum atomic E-state index is -0.620. The Morgan fingerprint density at radius 3 is 2.48 bits per heavy atom. The van der Waals surface area contributed by atoms with Crippen LogP contribution >= 0.6 is 11.6 Å². The van der Waals surface area contributed by atoms with Crippen molar-refractivity contribution in [2.75, 3.05) is 6.61 Å². The smallest absolute Gasteiger partial charge is 0.261 e. The molecular weight excluding hydrogens is 436 g/mol. The van der Waals surface area contributed by atoms with E-state index < -0.39 is 6.04 Å². The van der Waals surface area contributed by atoms with Gasteiger partial charge in [-0.05, 0) is 48.9 Å². The summed E-state index contributed by atoms with van der Waals surface area (Å²) in [4.78, 5) is 27.9. The van der Waals surface area contributed by atoms with E-state index in [9.17, 15) is 9.59 Å². The first kappa shape index (κ1) is 23.1. The van der Waals surface area contributed by atoms with E-state index in [4.69, 9.17) is 16.3 Å². The Bertz CT molecular complexity index is 1100. The zero-order valence-electron chi connectivity index (χ0n) is 18.8. The second-order valence-corrected chi connectivity index (χ2v) is 9.02. The molecule has 0 radical (unpaired) electrons. The molecule has 1 saturated carbocycles. The molecule has 0 aliphatic heterocycles. The van der Waals surface area contributed by atoms with Crippen molar-refractivity contribution in [2.24, 2.45) is 0 Å². The monoisotopic (exact) mass is 464 g/mol. The third-order valence-corrected chi connectivity index (χ3v) is 6.49. The van der Waals surface area contributed by atoms with Gasteiger partial charge in [0, 0.05) is 23.0 Å². The summed E-state index contributed by atoms with van der Waals surface area (Å²) >= 11 is 6.02. The second kappa shape index (κ2) is 10.7. The number of fused-ring (bicyclic) bond motifs is 1. The van der Waals surface area contributed by atoms with Gasteiger partial charge in [0.1, 0.15) is 11.8 Å². The van der Waals surface area contributed by atoms with E-state index in [1.54, 1.807) is 24.0 Å². The first-order valence-electron chi connectivity index (χ1n) is 11.5. The predicted octanol–water partition coefficient (Wildman–Crippen LogP) is 5.35. The Kier molecular flexibility index (Phi) is 7.50. The largest absolute Gasteiger partial charge is 0.483 e. The summed E-state index contributed by atoms with van der Waals surface area (Å²) in [6.07, 6.45) is 4.25. The number of carbonyl (C=O) groups is 2. The number of nitrogens with one attached hydrogen (secondary N) is 1. The number of halogens is 1. The highest BCUT2D eigenvalue weighted by Gasteiger charge is 2.28. The maximum absolute atomic E-state index is 13.3. The van der Waals surface area contributed by atoms with E-state index in [2.05, 4.69) is 5.32 Å². The standard InChI is InChI=1S/C27H29ClN2O3/c1-19(27(32)29-23-9-3-4-10-23)30(17-20-13-15-22(28)16-14-20)26(31)18-33-25-12-6-8-21-7-2-5-11-24(21)25/h2,5-8,11-16,19,23H,3-4,9-10,17-18H2,1H3,(H,29,32). The molecule has 1 N–H and O–H groups in total. The molecule has 172 valence electrons. The lowest BCUT2D eigenvalue weighted by atomic mass is 10.1. The molecule has 33 heavy (non-hydrogen) atoms. The Balaban J connectivity index is 1.50. The molecule has 2 amide bonds. The zero-order chi connectivity index (χ0) is 23.2. The lowest BCUT2D eigenvalue weighted by molar-refractivity contribution is -0.142. The van der Waals surface area contributed by atoms with Crippen molar-refractivity contribution < 1.29 is 14.3 Å². The Hall–Kier alpha value is -3.05. The fourth-order valence-electron chi connectivity index (χ4n) is 4.31. The number of benzene rings is 3. The topological polar surface area (TPSA) is 58.6 Å². The molecule has 1 fully saturated rings. The molecule has 3 aromatic rings. The van der Waals surface area contributed by atoms with E-state index in [-0.39, 0.29) is 24.5 Å². The summed E-state index contributed by atoms with van der Waals surface area (Å²) in [6.45, 7) is 1.92. The lowest BCUT2D eigenvalue weighted by Gasteiger charge is -2.29. The van der Waals surface area contributed by atoms with E-state index in [1.165, 1.54) is 0 Å². The van der Waals surface area contributed by atoms with Crippen LogP contribution in [0.25, 0.3) is 10.8 Å². The number of nitrogens with zero attached hydrogens (tertiary/aromatic N) is 1. The highest BCUT2D eigenvalue weighted by atomic mass is 35.5. The number of hydrogen-bond acceptors (Lipinski definition) is 3. The number of hydrogen-bond donors (Lipinski definition) is 1. The second-order valence-electron chi connectivity index (χ2n) is 8.58. The van der Waals surface area contributed by atoms with E-state index in [0.29, 0.717) is 17.3 Å².